The molecule has 3 aliphatic rings. The number of amides is 2. The molecule has 3 fully saturated rings. The lowest BCUT2D eigenvalue weighted by Gasteiger charge is -2.44. The summed E-state index contributed by atoms with van der Waals surface area (Å²) in [6.45, 7) is 5.11. The van der Waals surface area contributed by atoms with E-state index in [0.29, 0.717) is 44.3 Å². The zero-order valence-corrected chi connectivity index (χ0v) is 16.5. The van der Waals surface area contributed by atoms with Gasteiger partial charge >= 0.3 is 6.09 Å². The third kappa shape index (κ3) is 4.30. The number of halogens is 1. The Balaban J connectivity index is 1.39. The minimum Gasteiger partial charge on any atom is -0.442 e. The van der Waals surface area contributed by atoms with Crippen molar-refractivity contribution in [1.82, 2.24) is 5.32 Å². The molecule has 3 heterocycles. The fraction of sp³-hybridized carbons (Fsp3) is 0.600. The van der Waals surface area contributed by atoms with Crippen LogP contribution in [-0.2, 0) is 19.0 Å². The van der Waals surface area contributed by atoms with E-state index in [1.54, 1.807) is 12.1 Å². The Bertz CT molecular complexity index is 773. The van der Waals surface area contributed by atoms with Gasteiger partial charge in [-0.05, 0) is 31.0 Å². The van der Waals surface area contributed by atoms with E-state index in [4.69, 9.17) is 14.2 Å². The van der Waals surface area contributed by atoms with Crippen LogP contribution in [0.15, 0.2) is 18.2 Å². The van der Waals surface area contributed by atoms with Gasteiger partial charge < -0.3 is 24.4 Å². The first-order valence-corrected chi connectivity index (χ1v) is 9.95. The van der Waals surface area contributed by atoms with E-state index < -0.39 is 12.2 Å². The zero-order valence-electron chi connectivity index (χ0n) is 16.5. The number of anilines is 2. The molecule has 1 N–H and O–H groups in total. The lowest BCUT2D eigenvalue weighted by atomic mass is 9.91. The smallest absolute Gasteiger partial charge is 0.414 e. The van der Waals surface area contributed by atoms with Crippen molar-refractivity contribution in [2.24, 2.45) is 0 Å². The molecule has 1 aromatic carbocycles. The molecule has 2 amide bonds. The molecule has 3 saturated heterocycles. The molecule has 9 heteroatoms. The van der Waals surface area contributed by atoms with Gasteiger partial charge in [-0.25, -0.2) is 9.18 Å². The van der Waals surface area contributed by atoms with E-state index in [2.05, 4.69) is 5.32 Å². The molecule has 1 aromatic rings. The quantitative estimate of drug-likeness (QED) is 0.818. The van der Waals surface area contributed by atoms with Gasteiger partial charge in [-0.3, -0.25) is 9.69 Å². The Morgan fingerprint density at radius 3 is 2.76 bits per heavy atom. The van der Waals surface area contributed by atoms with Crippen molar-refractivity contribution in [3.63, 3.8) is 0 Å². The standard InChI is InChI=1S/C20H26FN3O5/c1-14(25)22-11-16-12-24(19(26)29-16)15-2-3-18(17(21)10-15)23-6-4-20(5-7-23)13-27-8-9-28-20/h2-3,10,16H,4-9,11-13H2,1H3,(H,22,25)/t16-/m0/s1. The van der Waals surface area contributed by atoms with Crippen molar-refractivity contribution in [1.29, 1.82) is 0 Å². The Kier molecular flexibility index (Phi) is 5.60. The molecule has 0 bridgehead atoms. The van der Waals surface area contributed by atoms with Gasteiger partial charge in [-0.1, -0.05) is 0 Å². The Hall–Kier alpha value is -2.39. The van der Waals surface area contributed by atoms with Gasteiger partial charge in [-0.2, -0.15) is 0 Å². The zero-order chi connectivity index (χ0) is 20.4. The number of hydrogen-bond donors (Lipinski definition) is 1. The summed E-state index contributed by atoms with van der Waals surface area (Å²) in [6, 6.07) is 4.79. The lowest BCUT2D eigenvalue weighted by molar-refractivity contribution is -0.165. The number of nitrogens with one attached hydrogen (secondary N) is 1. The Morgan fingerprint density at radius 2 is 2.10 bits per heavy atom. The molecule has 0 aromatic heterocycles. The van der Waals surface area contributed by atoms with Gasteiger partial charge in [-0.15, -0.1) is 0 Å². The van der Waals surface area contributed by atoms with Crippen molar-refractivity contribution >= 4 is 23.4 Å². The molecule has 3 aliphatic heterocycles. The van der Waals surface area contributed by atoms with Crippen LogP contribution in [0.3, 0.4) is 0 Å². The summed E-state index contributed by atoms with van der Waals surface area (Å²) >= 11 is 0. The number of carbonyl (C=O) groups excluding carboxylic acids is 2. The summed E-state index contributed by atoms with van der Waals surface area (Å²) in [6.07, 6.45) is 0.585. The predicted octanol–water partition coefficient (Wildman–Crippen LogP) is 1.67. The molecular weight excluding hydrogens is 381 g/mol. The van der Waals surface area contributed by atoms with Crippen LogP contribution in [0, 0.1) is 5.82 Å². The normalized spacial score (nSPS) is 23.9. The maximum absolute atomic E-state index is 14.9. The van der Waals surface area contributed by atoms with Crippen molar-refractivity contribution in [3.8, 4) is 0 Å². The second kappa shape index (κ2) is 8.16. The van der Waals surface area contributed by atoms with E-state index in [-0.39, 0.29) is 30.4 Å². The second-order valence-electron chi connectivity index (χ2n) is 7.76. The number of cyclic esters (lactones) is 1. The Labute approximate surface area is 168 Å². The van der Waals surface area contributed by atoms with Crippen LogP contribution in [0.25, 0.3) is 0 Å². The fourth-order valence-corrected chi connectivity index (χ4v) is 4.08. The fourth-order valence-electron chi connectivity index (χ4n) is 4.08. The van der Waals surface area contributed by atoms with Crippen LogP contribution in [0.5, 0.6) is 0 Å². The molecule has 0 unspecified atom stereocenters. The van der Waals surface area contributed by atoms with E-state index in [1.165, 1.54) is 17.9 Å². The van der Waals surface area contributed by atoms with Crippen LogP contribution in [0.1, 0.15) is 19.8 Å². The first-order chi connectivity index (χ1) is 14.0. The number of ether oxygens (including phenoxy) is 3. The highest BCUT2D eigenvalue weighted by molar-refractivity contribution is 5.90. The molecule has 4 rings (SSSR count). The number of rotatable bonds is 4. The molecule has 0 aliphatic carbocycles. The first-order valence-electron chi connectivity index (χ1n) is 9.95. The number of benzene rings is 1. The van der Waals surface area contributed by atoms with Crippen LogP contribution >= 0.6 is 0 Å². The molecule has 0 radical (unpaired) electrons. The van der Waals surface area contributed by atoms with E-state index >= 15 is 0 Å². The minimum absolute atomic E-state index is 0.191. The first kappa shape index (κ1) is 19.9. The van der Waals surface area contributed by atoms with Crippen LogP contribution < -0.4 is 15.1 Å². The number of piperidine rings is 1. The highest BCUT2D eigenvalue weighted by atomic mass is 19.1. The van der Waals surface area contributed by atoms with Crippen molar-refractivity contribution < 1.29 is 28.2 Å². The highest BCUT2D eigenvalue weighted by Gasteiger charge is 2.38. The summed E-state index contributed by atoms with van der Waals surface area (Å²) < 4.78 is 31.6. The third-order valence-electron chi connectivity index (χ3n) is 5.71. The topological polar surface area (TPSA) is 80.3 Å². The number of nitrogens with zero attached hydrogens (tertiary/aromatic N) is 2. The van der Waals surface area contributed by atoms with E-state index in [0.717, 1.165) is 12.8 Å². The molecular formula is C20H26FN3O5. The van der Waals surface area contributed by atoms with Gasteiger partial charge in [0.15, 0.2) is 0 Å². The third-order valence-corrected chi connectivity index (χ3v) is 5.71. The largest absolute Gasteiger partial charge is 0.442 e. The van der Waals surface area contributed by atoms with Crippen LogP contribution in [0.2, 0.25) is 0 Å². The molecule has 0 saturated carbocycles. The van der Waals surface area contributed by atoms with E-state index in [9.17, 15) is 14.0 Å². The average molecular weight is 407 g/mol. The maximum Gasteiger partial charge on any atom is 0.414 e. The summed E-state index contributed by atoms with van der Waals surface area (Å²) in [7, 11) is 0. The molecule has 1 spiro atoms. The number of carbonyl (C=O) groups is 2. The predicted molar refractivity (Wildman–Crippen MR) is 104 cm³/mol. The number of hydrogen-bond acceptors (Lipinski definition) is 6. The summed E-state index contributed by atoms with van der Waals surface area (Å²) in [5.74, 6) is -0.569. The van der Waals surface area contributed by atoms with E-state index in [1.807, 2.05) is 4.90 Å². The SMILES string of the molecule is CC(=O)NC[C@H]1CN(c2ccc(N3CCC4(CC3)COCCO4)c(F)c2)C(=O)O1. The monoisotopic (exact) mass is 407 g/mol. The Morgan fingerprint density at radius 1 is 1.31 bits per heavy atom. The summed E-state index contributed by atoms with van der Waals surface area (Å²) in [4.78, 5) is 26.6. The van der Waals surface area contributed by atoms with Crippen molar-refractivity contribution in [3.05, 3.63) is 24.0 Å². The van der Waals surface area contributed by atoms with Gasteiger partial charge in [0, 0.05) is 20.0 Å². The second-order valence-corrected chi connectivity index (χ2v) is 7.76. The summed E-state index contributed by atoms with van der Waals surface area (Å²) in [5, 5.41) is 2.63. The lowest BCUT2D eigenvalue weighted by Crippen LogP contribution is -2.51. The molecule has 1 atom stereocenters. The van der Waals surface area contributed by atoms with Crippen molar-refractivity contribution in [2.45, 2.75) is 31.5 Å². The van der Waals surface area contributed by atoms with Crippen LogP contribution in [-0.4, -0.2) is 69.7 Å². The molecule has 8 nitrogen and oxygen atoms in total. The van der Waals surface area contributed by atoms with Crippen molar-refractivity contribution in [2.75, 3.05) is 55.8 Å². The van der Waals surface area contributed by atoms with Gasteiger partial charge in [0.25, 0.3) is 0 Å². The van der Waals surface area contributed by atoms with Gasteiger partial charge in [0.1, 0.15) is 11.9 Å². The summed E-state index contributed by atoms with van der Waals surface area (Å²) in [5.41, 5.74) is 0.717. The highest BCUT2D eigenvalue weighted by Crippen LogP contribution is 2.34. The molecule has 158 valence electrons. The maximum atomic E-state index is 14.9. The molecule has 29 heavy (non-hydrogen) atoms. The van der Waals surface area contributed by atoms with Gasteiger partial charge in [0.05, 0.1) is 49.9 Å². The average Bonchev–Trinajstić information content (AvgIpc) is 3.09. The van der Waals surface area contributed by atoms with Crippen LogP contribution in [0.4, 0.5) is 20.6 Å². The van der Waals surface area contributed by atoms with Gasteiger partial charge in [0.2, 0.25) is 5.91 Å². The minimum atomic E-state index is -0.540.